The molecule has 5 heteroatoms. The normalized spacial score (nSPS) is 13.3. The van der Waals surface area contributed by atoms with Crippen molar-refractivity contribution in [3.8, 4) is 0 Å². The van der Waals surface area contributed by atoms with Crippen LogP contribution in [0.3, 0.4) is 0 Å². The van der Waals surface area contributed by atoms with Crippen LogP contribution in [0.1, 0.15) is 34.3 Å². The molecule has 3 rings (SSSR count). The fourth-order valence-corrected chi connectivity index (χ4v) is 2.69. The molecule has 0 bridgehead atoms. The maximum atomic E-state index is 12.9. The number of rotatable bonds is 4. The van der Waals surface area contributed by atoms with Gasteiger partial charge in [-0.15, -0.1) is 12.4 Å². The molecule has 0 heterocycles. The van der Waals surface area contributed by atoms with E-state index in [2.05, 4.69) is 0 Å². The lowest BCUT2D eigenvalue weighted by atomic mass is 10.1. The molecule has 0 unspecified atom stereocenters. The molecular weight excluding hydrogens is 331 g/mol. The van der Waals surface area contributed by atoms with Gasteiger partial charge in [-0.1, -0.05) is 29.8 Å². The summed E-state index contributed by atoms with van der Waals surface area (Å²) in [6.07, 6.45) is 2.14. The number of nitrogens with zero attached hydrogens (tertiary/aromatic N) is 1. The Bertz CT molecular complexity index is 697. The van der Waals surface area contributed by atoms with E-state index in [4.69, 9.17) is 17.3 Å². The molecule has 0 spiro atoms. The predicted octanol–water partition coefficient (Wildman–Crippen LogP) is 4.46. The third-order valence-corrected chi connectivity index (χ3v) is 4.26. The van der Waals surface area contributed by atoms with Crippen LogP contribution in [-0.4, -0.2) is 16.8 Å². The van der Waals surface area contributed by atoms with Crippen molar-refractivity contribution >= 4 is 35.6 Å². The summed E-state index contributed by atoms with van der Waals surface area (Å²) >= 11 is 5.93. The first-order valence-corrected chi connectivity index (χ1v) is 7.84. The largest absolute Gasteiger partial charge is 0.399 e. The third kappa shape index (κ3) is 4.18. The van der Waals surface area contributed by atoms with Crippen LogP contribution in [0.15, 0.2) is 42.5 Å². The first kappa shape index (κ1) is 17.6. The number of anilines is 1. The average Bonchev–Trinajstić information content (AvgIpc) is 3.33. The number of carbonyl (C=O) groups is 1. The second kappa shape index (κ2) is 7.24. The van der Waals surface area contributed by atoms with Crippen molar-refractivity contribution in [1.82, 2.24) is 4.90 Å². The van der Waals surface area contributed by atoms with Gasteiger partial charge in [0, 0.05) is 28.9 Å². The topological polar surface area (TPSA) is 46.3 Å². The van der Waals surface area contributed by atoms with Crippen molar-refractivity contribution in [2.45, 2.75) is 32.4 Å². The minimum absolute atomic E-state index is 0. The minimum atomic E-state index is 0. The molecule has 1 aliphatic carbocycles. The van der Waals surface area contributed by atoms with Crippen molar-refractivity contribution in [2.75, 3.05) is 5.73 Å². The van der Waals surface area contributed by atoms with Crippen LogP contribution in [0.25, 0.3) is 0 Å². The van der Waals surface area contributed by atoms with Gasteiger partial charge in [0.2, 0.25) is 0 Å². The number of carbonyl (C=O) groups excluding carboxylic acids is 1. The molecule has 0 aliphatic heterocycles. The van der Waals surface area contributed by atoms with Crippen LogP contribution < -0.4 is 5.73 Å². The first-order chi connectivity index (χ1) is 10.5. The van der Waals surface area contributed by atoms with Crippen molar-refractivity contribution in [2.24, 2.45) is 0 Å². The van der Waals surface area contributed by atoms with Crippen LogP contribution in [0.5, 0.6) is 0 Å². The van der Waals surface area contributed by atoms with Gasteiger partial charge in [0.1, 0.15) is 0 Å². The quantitative estimate of drug-likeness (QED) is 0.827. The fourth-order valence-electron chi connectivity index (χ4n) is 2.56. The van der Waals surface area contributed by atoms with Crippen LogP contribution in [0.4, 0.5) is 5.69 Å². The lowest BCUT2D eigenvalue weighted by Gasteiger charge is -2.23. The van der Waals surface area contributed by atoms with Crippen molar-refractivity contribution in [3.63, 3.8) is 0 Å². The maximum Gasteiger partial charge on any atom is 0.254 e. The lowest BCUT2D eigenvalue weighted by Crippen LogP contribution is -2.33. The number of hydrogen-bond donors (Lipinski definition) is 1. The molecule has 23 heavy (non-hydrogen) atoms. The van der Waals surface area contributed by atoms with Crippen LogP contribution in [0, 0.1) is 6.92 Å². The van der Waals surface area contributed by atoms with Gasteiger partial charge in [0.15, 0.2) is 0 Å². The Morgan fingerprint density at radius 3 is 2.48 bits per heavy atom. The molecule has 122 valence electrons. The molecule has 0 aromatic heterocycles. The highest BCUT2D eigenvalue weighted by Gasteiger charge is 2.33. The van der Waals surface area contributed by atoms with E-state index in [9.17, 15) is 4.79 Å². The van der Waals surface area contributed by atoms with Gasteiger partial charge < -0.3 is 10.6 Å². The van der Waals surface area contributed by atoms with Gasteiger partial charge in [-0.3, -0.25) is 4.79 Å². The Hall–Kier alpha value is -1.71. The summed E-state index contributed by atoms with van der Waals surface area (Å²) in [5, 5.41) is 0.708. The summed E-state index contributed by atoms with van der Waals surface area (Å²) in [4.78, 5) is 14.9. The molecule has 0 atom stereocenters. The molecule has 0 radical (unpaired) electrons. The SMILES string of the molecule is Cc1ccc(N)cc1C(=O)N(Cc1ccc(Cl)cc1)C1CC1.Cl. The Morgan fingerprint density at radius 2 is 1.87 bits per heavy atom. The summed E-state index contributed by atoms with van der Waals surface area (Å²) < 4.78 is 0. The summed E-state index contributed by atoms with van der Waals surface area (Å²) in [7, 11) is 0. The zero-order valence-electron chi connectivity index (χ0n) is 13.0. The molecule has 2 aromatic rings. The van der Waals surface area contributed by atoms with E-state index in [1.807, 2.05) is 48.2 Å². The molecule has 2 N–H and O–H groups in total. The Balaban J connectivity index is 0.00000192. The average molecular weight is 351 g/mol. The summed E-state index contributed by atoms with van der Waals surface area (Å²) in [5.74, 6) is 0.0576. The van der Waals surface area contributed by atoms with E-state index in [1.165, 1.54) is 0 Å². The predicted molar refractivity (Wildman–Crippen MR) is 97.2 cm³/mol. The number of halogens is 2. The molecule has 1 amide bonds. The molecular formula is C18H20Cl2N2O. The molecule has 1 fully saturated rings. The van der Waals surface area contributed by atoms with Crippen LogP contribution in [-0.2, 0) is 6.54 Å². The van der Waals surface area contributed by atoms with E-state index in [0.717, 1.165) is 24.0 Å². The van der Waals surface area contributed by atoms with Gasteiger partial charge in [-0.25, -0.2) is 0 Å². The zero-order chi connectivity index (χ0) is 15.7. The van der Waals surface area contributed by atoms with Gasteiger partial charge in [-0.2, -0.15) is 0 Å². The van der Waals surface area contributed by atoms with Crippen molar-refractivity contribution < 1.29 is 4.79 Å². The van der Waals surface area contributed by atoms with Gasteiger partial charge in [0.25, 0.3) is 5.91 Å². The monoisotopic (exact) mass is 350 g/mol. The number of nitrogen functional groups attached to an aromatic ring is 1. The Morgan fingerprint density at radius 1 is 1.22 bits per heavy atom. The van der Waals surface area contributed by atoms with E-state index in [-0.39, 0.29) is 18.3 Å². The summed E-state index contributed by atoms with van der Waals surface area (Å²) in [6.45, 7) is 2.55. The molecule has 1 saturated carbocycles. The number of nitrogens with two attached hydrogens (primary N) is 1. The van der Waals surface area contributed by atoms with Crippen LogP contribution >= 0.6 is 24.0 Å². The van der Waals surface area contributed by atoms with E-state index < -0.39 is 0 Å². The lowest BCUT2D eigenvalue weighted by molar-refractivity contribution is 0.0729. The second-order valence-electron chi connectivity index (χ2n) is 5.87. The number of benzene rings is 2. The van der Waals surface area contributed by atoms with E-state index >= 15 is 0 Å². The highest BCUT2D eigenvalue weighted by atomic mass is 35.5. The second-order valence-corrected chi connectivity index (χ2v) is 6.30. The highest BCUT2D eigenvalue weighted by Crippen LogP contribution is 2.31. The van der Waals surface area contributed by atoms with Crippen molar-refractivity contribution in [1.29, 1.82) is 0 Å². The first-order valence-electron chi connectivity index (χ1n) is 7.46. The number of amides is 1. The van der Waals surface area contributed by atoms with Gasteiger partial charge in [0.05, 0.1) is 0 Å². The standard InChI is InChI=1S/C18H19ClN2O.ClH/c1-12-2-7-15(20)10-17(12)18(22)21(16-8-9-16)11-13-3-5-14(19)6-4-13;/h2-7,10,16H,8-9,11,20H2,1H3;1H. The highest BCUT2D eigenvalue weighted by molar-refractivity contribution is 6.30. The van der Waals surface area contributed by atoms with Gasteiger partial charge in [-0.05, 0) is 55.2 Å². The summed E-state index contributed by atoms with van der Waals surface area (Å²) in [6, 6.07) is 13.5. The zero-order valence-corrected chi connectivity index (χ0v) is 14.5. The molecule has 2 aromatic carbocycles. The third-order valence-electron chi connectivity index (χ3n) is 4.01. The van der Waals surface area contributed by atoms with E-state index in [1.54, 1.807) is 6.07 Å². The molecule has 0 saturated heterocycles. The fraction of sp³-hybridized carbons (Fsp3) is 0.278. The number of aryl methyl sites for hydroxylation is 1. The molecule has 3 nitrogen and oxygen atoms in total. The maximum absolute atomic E-state index is 12.9. The summed E-state index contributed by atoms with van der Waals surface area (Å²) in [5.41, 5.74) is 9.21. The van der Waals surface area contributed by atoms with E-state index in [0.29, 0.717) is 28.9 Å². The Kier molecular flexibility index (Phi) is 5.55. The van der Waals surface area contributed by atoms with Gasteiger partial charge >= 0.3 is 0 Å². The minimum Gasteiger partial charge on any atom is -0.399 e. The van der Waals surface area contributed by atoms with Crippen molar-refractivity contribution in [3.05, 3.63) is 64.2 Å². The Labute approximate surface area is 147 Å². The molecule has 1 aliphatic rings. The smallest absolute Gasteiger partial charge is 0.254 e. The number of hydrogen-bond acceptors (Lipinski definition) is 2. The van der Waals surface area contributed by atoms with Crippen LogP contribution in [0.2, 0.25) is 5.02 Å².